The van der Waals surface area contributed by atoms with Crippen molar-refractivity contribution >= 4 is 11.3 Å². The predicted molar refractivity (Wildman–Crippen MR) is 105 cm³/mol. The molecule has 1 saturated carbocycles. The van der Waals surface area contributed by atoms with E-state index in [2.05, 4.69) is 21.4 Å². The maximum Gasteiger partial charge on any atom is 0.218 e. The van der Waals surface area contributed by atoms with Crippen molar-refractivity contribution in [2.45, 2.75) is 44.9 Å². The normalized spacial score (nSPS) is 14.6. The van der Waals surface area contributed by atoms with Crippen LogP contribution in [0.3, 0.4) is 0 Å². The molecule has 0 unspecified atom stereocenters. The van der Waals surface area contributed by atoms with E-state index < -0.39 is 0 Å². The molecule has 4 rings (SSSR count). The van der Waals surface area contributed by atoms with Crippen molar-refractivity contribution in [2.75, 3.05) is 0 Å². The highest BCUT2D eigenvalue weighted by atomic mass is 32.1. The van der Waals surface area contributed by atoms with Gasteiger partial charge in [0.05, 0.1) is 5.69 Å². The van der Waals surface area contributed by atoms with Gasteiger partial charge in [-0.1, -0.05) is 6.07 Å². The van der Waals surface area contributed by atoms with Crippen LogP contribution in [0.5, 0.6) is 5.88 Å². The summed E-state index contributed by atoms with van der Waals surface area (Å²) < 4.78 is 19.1. The van der Waals surface area contributed by atoms with Crippen molar-refractivity contribution in [3.63, 3.8) is 0 Å². The molecule has 1 aliphatic carbocycles. The van der Waals surface area contributed by atoms with Gasteiger partial charge in [0, 0.05) is 35.8 Å². The molecule has 2 heterocycles. The highest BCUT2D eigenvalue weighted by molar-refractivity contribution is 7.13. The van der Waals surface area contributed by atoms with Crippen LogP contribution in [-0.2, 0) is 13.1 Å². The van der Waals surface area contributed by atoms with Crippen molar-refractivity contribution in [2.24, 2.45) is 0 Å². The molecule has 0 amide bonds. The number of aromatic nitrogens is 2. The van der Waals surface area contributed by atoms with Crippen LogP contribution in [0.25, 0.3) is 10.6 Å². The van der Waals surface area contributed by atoms with E-state index in [1.165, 1.54) is 25.0 Å². The van der Waals surface area contributed by atoms with E-state index in [1.54, 1.807) is 29.7 Å². The Kier molecular flexibility index (Phi) is 5.75. The molecule has 0 spiro atoms. The zero-order valence-electron chi connectivity index (χ0n) is 15.0. The minimum Gasteiger partial charge on any atom is -0.474 e. The summed E-state index contributed by atoms with van der Waals surface area (Å²) in [5.74, 6) is 0.506. The minimum atomic E-state index is -0.232. The molecule has 27 heavy (non-hydrogen) atoms. The number of benzene rings is 1. The average Bonchev–Trinajstić information content (AvgIpc) is 3.36. The fraction of sp³-hybridized carbons (Fsp3) is 0.333. The first-order valence-electron chi connectivity index (χ1n) is 9.29. The van der Waals surface area contributed by atoms with Gasteiger partial charge in [-0.2, -0.15) is 0 Å². The summed E-state index contributed by atoms with van der Waals surface area (Å²) in [4.78, 5) is 9.05. The summed E-state index contributed by atoms with van der Waals surface area (Å²) in [5.41, 5.74) is 2.98. The van der Waals surface area contributed by atoms with Crippen molar-refractivity contribution in [3.8, 4) is 16.5 Å². The molecular formula is C21H22FN3OS. The van der Waals surface area contributed by atoms with Crippen LogP contribution < -0.4 is 10.1 Å². The zero-order chi connectivity index (χ0) is 18.5. The number of hydrogen-bond donors (Lipinski definition) is 1. The van der Waals surface area contributed by atoms with E-state index in [0.717, 1.165) is 40.6 Å². The minimum absolute atomic E-state index is 0.232. The highest BCUT2D eigenvalue weighted by Crippen LogP contribution is 2.26. The van der Waals surface area contributed by atoms with E-state index in [9.17, 15) is 4.39 Å². The smallest absolute Gasteiger partial charge is 0.218 e. The van der Waals surface area contributed by atoms with Gasteiger partial charge in [0.25, 0.3) is 0 Å². The molecule has 0 aliphatic heterocycles. The standard InChI is InChI=1S/C21H22FN3OS/c22-17-9-7-15(8-10-17)21-25-18(14-27-21)13-23-12-16-4-3-11-24-20(16)26-19-5-1-2-6-19/h3-4,7-11,14,19,23H,1-2,5-6,12-13H2. The number of rotatable bonds is 7. The fourth-order valence-electron chi connectivity index (χ4n) is 3.27. The summed E-state index contributed by atoms with van der Waals surface area (Å²) in [6.45, 7) is 1.34. The van der Waals surface area contributed by atoms with Crippen LogP contribution in [0, 0.1) is 5.82 Å². The lowest BCUT2D eigenvalue weighted by atomic mass is 10.2. The Morgan fingerprint density at radius 3 is 2.74 bits per heavy atom. The topological polar surface area (TPSA) is 47.0 Å². The first kappa shape index (κ1) is 18.1. The number of ether oxygens (including phenoxy) is 1. The average molecular weight is 383 g/mol. The van der Waals surface area contributed by atoms with Gasteiger partial charge >= 0.3 is 0 Å². The van der Waals surface area contributed by atoms with E-state index in [-0.39, 0.29) is 5.82 Å². The Labute approximate surface area is 162 Å². The number of thiazole rings is 1. The molecule has 1 aliphatic rings. The Bertz CT molecular complexity index is 875. The van der Waals surface area contributed by atoms with E-state index in [4.69, 9.17) is 4.74 Å². The molecule has 140 valence electrons. The Morgan fingerprint density at radius 1 is 1.11 bits per heavy atom. The van der Waals surface area contributed by atoms with Gasteiger partial charge in [0.15, 0.2) is 0 Å². The van der Waals surface area contributed by atoms with Gasteiger partial charge in [0.2, 0.25) is 5.88 Å². The Balaban J connectivity index is 1.34. The molecule has 1 N–H and O–H groups in total. The van der Waals surface area contributed by atoms with Crippen LogP contribution in [-0.4, -0.2) is 16.1 Å². The molecule has 3 aromatic rings. The largest absolute Gasteiger partial charge is 0.474 e. The van der Waals surface area contributed by atoms with Gasteiger partial charge in [0.1, 0.15) is 16.9 Å². The lowest BCUT2D eigenvalue weighted by Crippen LogP contribution is -2.17. The van der Waals surface area contributed by atoms with E-state index in [0.29, 0.717) is 19.2 Å². The third-order valence-corrected chi connectivity index (χ3v) is 5.64. The molecule has 2 aromatic heterocycles. The Hall–Kier alpha value is -2.31. The van der Waals surface area contributed by atoms with Gasteiger partial charge in [-0.15, -0.1) is 11.3 Å². The van der Waals surface area contributed by atoms with Crippen molar-refractivity contribution < 1.29 is 9.13 Å². The number of halogens is 1. The SMILES string of the molecule is Fc1ccc(-c2nc(CNCc3cccnc3OC3CCCC3)cs2)cc1. The van der Waals surface area contributed by atoms with Gasteiger partial charge < -0.3 is 10.1 Å². The first-order chi connectivity index (χ1) is 13.3. The second-order valence-electron chi connectivity index (χ2n) is 6.75. The molecule has 0 atom stereocenters. The molecule has 4 nitrogen and oxygen atoms in total. The number of nitrogens with one attached hydrogen (secondary N) is 1. The number of pyridine rings is 1. The zero-order valence-corrected chi connectivity index (χ0v) is 15.8. The molecule has 0 bridgehead atoms. The van der Waals surface area contributed by atoms with Crippen LogP contribution >= 0.6 is 11.3 Å². The summed E-state index contributed by atoms with van der Waals surface area (Å²) in [6.07, 6.45) is 6.80. The van der Waals surface area contributed by atoms with Crippen molar-refractivity contribution in [1.82, 2.24) is 15.3 Å². The third kappa shape index (κ3) is 4.70. The lowest BCUT2D eigenvalue weighted by molar-refractivity contribution is 0.199. The summed E-state index contributed by atoms with van der Waals surface area (Å²) >= 11 is 1.57. The molecule has 6 heteroatoms. The van der Waals surface area contributed by atoms with Crippen LogP contribution in [0.15, 0.2) is 48.0 Å². The summed E-state index contributed by atoms with van der Waals surface area (Å²) in [7, 11) is 0. The van der Waals surface area contributed by atoms with Gasteiger partial charge in [-0.3, -0.25) is 0 Å². The second-order valence-corrected chi connectivity index (χ2v) is 7.60. The third-order valence-electron chi connectivity index (χ3n) is 4.69. The summed E-state index contributed by atoms with van der Waals surface area (Å²) in [6, 6.07) is 10.4. The van der Waals surface area contributed by atoms with Gasteiger partial charge in [-0.25, -0.2) is 14.4 Å². The van der Waals surface area contributed by atoms with Gasteiger partial charge in [-0.05, 0) is 56.0 Å². The molecular weight excluding hydrogens is 361 g/mol. The van der Waals surface area contributed by atoms with Crippen molar-refractivity contribution in [3.05, 3.63) is 65.0 Å². The monoisotopic (exact) mass is 383 g/mol. The highest BCUT2D eigenvalue weighted by Gasteiger charge is 2.18. The first-order valence-corrected chi connectivity index (χ1v) is 10.2. The second kappa shape index (κ2) is 8.59. The lowest BCUT2D eigenvalue weighted by Gasteiger charge is -2.15. The van der Waals surface area contributed by atoms with Crippen LogP contribution in [0.4, 0.5) is 4.39 Å². The molecule has 0 radical (unpaired) electrons. The van der Waals surface area contributed by atoms with Crippen LogP contribution in [0.2, 0.25) is 0 Å². The molecule has 1 aromatic carbocycles. The Morgan fingerprint density at radius 2 is 1.93 bits per heavy atom. The van der Waals surface area contributed by atoms with Crippen molar-refractivity contribution in [1.29, 1.82) is 0 Å². The maximum atomic E-state index is 13.1. The summed E-state index contributed by atoms with van der Waals surface area (Å²) in [5, 5.41) is 6.36. The van der Waals surface area contributed by atoms with Crippen LogP contribution in [0.1, 0.15) is 36.9 Å². The van der Waals surface area contributed by atoms with E-state index >= 15 is 0 Å². The fourth-order valence-corrected chi connectivity index (χ4v) is 4.09. The van der Waals surface area contributed by atoms with E-state index in [1.807, 2.05) is 11.4 Å². The maximum absolute atomic E-state index is 13.1. The number of nitrogens with zero attached hydrogens (tertiary/aromatic N) is 2. The molecule has 0 saturated heterocycles. The predicted octanol–water partition coefficient (Wildman–Crippen LogP) is 4.96. The molecule has 1 fully saturated rings. The number of hydrogen-bond acceptors (Lipinski definition) is 5. The quantitative estimate of drug-likeness (QED) is 0.627.